The van der Waals surface area contributed by atoms with Crippen molar-refractivity contribution in [2.24, 2.45) is 0 Å². The predicted octanol–water partition coefficient (Wildman–Crippen LogP) is 2.20. The maximum atomic E-state index is 12.6. The van der Waals surface area contributed by atoms with Crippen LogP contribution in [-0.2, 0) is 0 Å². The predicted molar refractivity (Wildman–Crippen MR) is 46.6 cm³/mol. The fourth-order valence-electron chi connectivity index (χ4n) is 0.845. The average molecular weight is 169 g/mol. The van der Waals surface area contributed by atoms with Gasteiger partial charge in [0.25, 0.3) is 0 Å². The van der Waals surface area contributed by atoms with Crippen LogP contribution in [0.3, 0.4) is 0 Å². The summed E-state index contributed by atoms with van der Waals surface area (Å²) in [7, 11) is 0. The Bertz CT molecular complexity index is 263. The molecule has 0 fully saturated rings. The van der Waals surface area contributed by atoms with E-state index in [2.05, 4.69) is 0 Å². The highest BCUT2D eigenvalue weighted by molar-refractivity contribution is 5.52. The summed E-state index contributed by atoms with van der Waals surface area (Å²) < 4.78 is 17.8. The highest BCUT2D eigenvalue weighted by Gasteiger charge is 2.00. The molecule has 12 heavy (non-hydrogen) atoms. The second-order valence-electron chi connectivity index (χ2n) is 2.53. The van der Waals surface area contributed by atoms with Gasteiger partial charge in [-0.3, -0.25) is 0 Å². The number of anilines is 1. The molecule has 1 aromatic carbocycles. The third-order valence-corrected chi connectivity index (χ3v) is 1.44. The van der Waals surface area contributed by atoms with Crippen molar-refractivity contribution in [2.45, 2.75) is 13.3 Å². The van der Waals surface area contributed by atoms with Crippen LogP contribution in [0.4, 0.5) is 10.1 Å². The lowest BCUT2D eigenvalue weighted by molar-refractivity contribution is 0.317. The zero-order chi connectivity index (χ0) is 8.97. The van der Waals surface area contributed by atoms with Gasteiger partial charge < -0.3 is 10.5 Å². The fraction of sp³-hybridized carbons (Fsp3) is 0.333. The van der Waals surface area contributed by atoms with E-state index >= 15 is 0 Å². The van der Waals surface area contributed by atoms with Crippen LogP contribution in [-0.4, -0.2) is 6.61 Å². The van der Waals surface area contributed by atoms with E-state index in [1.807, 2.05) is 6.92 Å². The molecule has 3 heteroatoms. The fourth-order valence-corrected chi connectivity index (χ4v) is 0.845. The van der Waals surface area contributed by atoms with Crippen LogP contribution >= 0.6 is 0 Å². The standard InChI is InChI=1S/C9H12FNO/c1-2-5-12-9-6-7(10)3-4-8(9)11/h3-4,6H,2,5,11H2,1H3. The number of nitrogens with two attached hydrogens (primary N) is 1. The van der Waals surface area contributed by atoms with E-state index in [-0.39, 0.29) is 5.82 Å². The van der Waals surface area contributed by atoms with Gasteiger partial charge >= 0.3 is 0 Å². The van der Waals surface area contributed by atoms with Crippen molar-refractivity contribution < 1.29 is 9.13 Å². The van der Waals surface area contributed by atoms with Gasteiger partial charge in [0.15, 0.2) is 0 Å². The first-order valence-corrected chi connectivity index (χ1v) is 3.92. The molecule has 1 aromatic rings. The third-order valence-electron chi connectivity index (χ3n) is 1.44. The smallest absolute Gasteiger partial charge is 0.145 e. The summed E-state index contributed by atoms with van der Waals surface area (Å²) in [6.45, 7) is 2.54. The lowest BCUT2D eigenvalue weighted by Crippen LogP contribution is -1.99. The van der Waals surface area contributed by atoms with E-state index in [9.17, 15) is 4.39 Å². The van der Waals surface area contributed by atoms with Crippen molar-refractivity contribution in [1.82, 2.24) is 0 Å². The van der Waals surface area contributed by atoms with Gasteiger partial charge in [-0.25, -0.2) is 4.39 Å². The van der Waals surface area contributed by atoms with Crippen molar-refractivity contribution in [2.75, 3.05) is 12.3 Å². The van der Waals surface area contributed by atoms with E-state index in [1.54, 1.807) is 0 Å². The zero-order valence-corrected chi connectivity index (χ0v) is 7.01. The van der Waals surface area contributed by atoms with Gasteiger partial charge in [0.1, 0.15) is 11.6 Å². The van der Waals surface area contributed by atoms with Crippen molar-refractivity contribution in [3.8, 4) is 5.75 Å². The summed E-state index contributed by atoms with van der Waals surface area (Å²) in [5, 5.41) is 0. The summed E-state index contributed by atoms with van der Waals surface area (Å²) in [4.78, 5) is 0. The number of ether oxygens (including phenoxy) is 1. The molecule has 66 valence electrons. The number of hydrogen-bond donors (Lipinski definition) is 1. The molecule has 0 aromatic heterocycles. The SMILES string of the molecule is CCCOc1cc(F)ccc1N. The molecule has 0 atom stereocenters. The molecule has 2 N–H and O–H groups in total. The molecule has 1 rings (SSSR count). The highest BCUT2D eigenvalue weighted by atomic mass is 19.1. The molecule has 0 saturated heterocycles. The van der Waals surface area contributed by atoms with Crippen LogP contribution in [0.1, 0.15) is 13.3 Å². The lowest BCUT2D eigenvalue weighted by Gasteiger charge is -2.06. The Labute approximate surface area is 71.1 Å². The maximum Gasteiger partial charge on any atom is 0.145 e. The molecule has 0 bridgehead atoms. The molecule has 0 amide bonds. The van der Waals surface area contributed by atoms with Crippen LogP contribution in [0.5, 0.6) is 5.75 Å². The topological polar surface area (TPSA) is 35.2 Å². The number of nitrogen functional groups attached to an aromatic ring is 1. The first-order valence-electron chi connectivity index (χ1n) is 3.92. The number of rotatable bonds is 3. The first kappa shape index (κ1) is 8.84. The molecule has 0 spiro atoms. The Morgan fingerprint density at radius 2 is 2.25 bits per heavy atom. The summed E-state index contributed by atoms with van der Waals surface area (Å²) in [5.41, 5.74) is 6.02. The molecule has 0 unspecified atom stereocenters. The molecule has 0 aliphatic rings. The number of benzene rings is 1. The van der Waals surface area contributed by atoms with Gasteiger partial charge in [-0.1, -0.05) is 6.92 Å². The van der Waals surface area contributed by atoms with Gasteiger partial charge in [0, 0.05) is 6.07 Å². The molecule has 2 nitrogen and oxygen atoms in total. The minimum absolute atomic E-state index is 0.324. The van der Waals surface area contributed by atoms with Crippen molar-refractivity contribution in [3.63, 3.8) is 0 Å². The van der Waals surface area contributed by atoms with Crippen LogP contribution in [0, 0.1) is 5.82 Å². The largest absolute Gasteiger partial charge is 0.491 e. The highest BCUT2D eigenvalue weighted by Crippen LogP contribution is 2.21. The van der Waals surface area contributed by atoms with Crippen molar-refractivity contribution >= 4 is 5.69 Å². The van der Waals surface area contributed by atoms with Crippen molar-refractivity contribution in [1.29, 1.82) is 0 Å². The minimum atomic E-state index is -0.324. The summed E-state index contributed by atoms with van der Waals surface area (Å²) in [6, 6.07) is 4.11. The van der Waals surface area contributed by atoms with Gasteiger partial charge in [-0.15, -0.1) is 0 Å². The Morgan fingerprint density at radius 3 is 2.92 bits per heavy atom. The molecule has 0 aliphatic carbocycles. The molecular formula is C9H12FNO. The van der Waals surface area contributed by atoms with E-state index in [0.717, 1.165) is 6.42 Å². The Balaban J connectivity index is 2.75. The Kier molecular flexibility index (Phi) is 2.91. The maximum absolute atomic E-state index is 12.6. The first-order chi connectivity index (χ1) is 5.74. The van der Waals surface area contributed by atoms with Gasteiger partial charge in [0.05, 0.1) is 12.3 Å². The second kappa shape index (κ2) is 3.95. The molecular weight excluding hydrogens is 157 g/mol. The normalized spacial score (nSPS) is 9.83. The van der Waals surface area contributed by atoms with Crippen LogP contribution in [0.25, 0.3) is 0 Å². The number of hydrogen-bond acceptors (Lipinski definition) is 2. The monoisotopic (exact) mass is 169 g/mol. The van der Waals surface area contributed by atoms with Crippen molar-refractivity contribution in [3.05, 3.63) is 24.0 Å². The zero-order valence-electron chi connectivity index (χ0n) is 7.01. The van der Waals surface area contributed by atoms with E-state index in [0.29, 0.717) is 18.0 Å². The van der Waals surface area contributed by atoms with Gasteiger partial charge in [0.2, 0.25) is 0 Å². The Hall–Kier alpha value is -1.25. The number of halogens is 1. The van der Waals surface area contributed by atoms with Crippen LogP contribution < -0.4 is 10.5 Å². The van der Waals surface area contributed by atoms with E-state index < -0.39 is 0 Å². The Morgan fingerprint density at radius 1 is 1.50 bits per heavy atom. The summed E-state index contributed by atoms with van der Waals surface area (Å²) in [5.74, 6) is 0.104. The van der Waals surface area contributed by atoms with E-state index in [4.69, 9.17) is 10.5 Å². The lowest BCUT2D eigenvalue weighted by atomic mass is 10.3. The average Bonchev–Trinajstić information content (AvgIpc) is 2.07. The van der Waals surface area contributed by atoms with Crippen LogP contribution in [0.2, 0.25) is 0 Å². The van der Waals surface area contributed by atoms with Gasteiger partial charge in [-0.05, 0) is 18.6 Å². The molecule has 0 aliphatic heterocycles. The molecule has 0 saturated carbocycles. The molecule has 0 radical (unpaired) electrons. The summed E-state index contributed by atoms with van der Waals surface area (Å²) in [6.07, 6.45) is 0.885. The summed E-state index contributed by atoms with van der Waals surface area (Å²) >= 11 is 0. The van der Waals surface area contributed by atoms with E-state index in [1.165, 1.54) is 18.2 Å². The quantitative estimate of drug-likeness (QED) is 0.704. The molecule has 0 heterocycles. The third kappa shape index (κ3) is 2.12. The second-order valence-corrected chi connectivity index (χ2v) is 2.53. The van der Waals surface area contributed by atoms with Gasteiger partial charge in [-0.2, -0.15) is 0 Å². The minimum Gasteiger partial charge on any atom is -0.491 e. The van der Waals surface area contributed by atoms with Crippen LogP contribution in [0.15, 0.2) is 18.2 Å².